The van der Waals surface area contributed by atoms with Gasteiger partial charge in [0.15, 0.2) is 0 Å². The van der Waals surface area contributed by atoms with Crippen molar-refractivity contribution in [3.8, 4) is 11.5 Å². The van der Waals surface area contributed by atoms with Crippen LogP contribution in [-0.4, -0.2) is 38.2 Å². The lowest BCUT2D eigenvalue weighted by atomic mass is 10.2. The first-order chi connectivity index (χ1) is 11.6. The normalized spacial score (nSPS) is 10.1. The van der Waals surface area contributed by atoms with Gasteiger partial charge in [0.2, 0.25) is 0 Å². The number of hydrogen-bond acceptors (Lipinski definition) is 3. The van der Waals surface area contributed by atoms with Gasteiger partial charge in [-0.05, 0) is 36.8 Å². The maximum atomic E-state index is 12.1. The van der Waals surface area contributed by atoms with Crippen molar-refractivity contribution in [3.05, 3.63) is 59.7 Å². The summed E-state index contributed by atoms with van der Waals surface area (Å²) in [7, 11) is 3.39. The van der Waals surface area contributed by atoms with E-state index in [2.05, 4.69) is 5.32 Å². The molecule has 0 aliphatic heterocycles. The molecule has 0 radical (unpaired) electrons. The van der Waals surface area contributed by atoms with Crippen molar-refractivity contribution < 1.29 is 14.3 Å². The molecule has 24 heavy (non-hydrogen) atoms. The average molecular weight is 328 g/mol. The molecule has 1 N–H and O–H groups in total. The van der Waals surface area contributed by atoms with Gasteiger partial charge in [-0.1, -0.05) is 29.8 Å². The second-order valence-corrected chi connectivity index (χ2v) is 5.60. The van der Waals surface area contributed by atoms with Crippen molar-refractivity contribution in [1.82, 2.24) is 10.2 Å². The number of hydrogen-bond donors (Lipinski definition) is 1. The Morgan fingerprint density at radius 2 is 1.88 bits per heavy atom. The molecule has 2 aromatic rings. The zero-order valence-corrected chi connectivity index (χ0v) is 14.4. The highest BCUT2D eigenvalue weighted by Gasteiger charge is 2.08. The summed E-state index contributed by atoms with van der Waals surface area (Å²) in [5, 5.41) is 2.84. The van der Waals surface area contributed by atoms with E-state index >= 15 is 0 Å². The van der Waals surface area contributed by atoms with Crippen LogP contribution in [-0.2, 0) is 6.54 Å². The fourth-order valence-electron chi connectivity index (χ4n) is 2.21. The third-order valence-corrected chi connectivity index (χ3v) is 3.57. The molecule has 0 heterocycles. The Morgan fingerprint density at radius 3 is 2.58 bits per heavy atom. The van der Waals surface area contributed by atoms with Crippen molar-refractivity contribution in [2.45, 2.75) is 13.5 Å². The van der Waals surface area contributed by atoms with E-state index in [9.17, 15) is 4.79 Å². The molecule has 0 atom stereocenters. The standard InChI is InChI=1S/C19H24N2O3/c1-15-7-9-17(10-8-15)24-12-11-20-19(22)21(2)14-16-5-4-6-18(13-16)23-3/h4-10,13H,11-12,14H2,1-3H3,(H,20,22). The number of amides is 2. The molecule has 128 valence electrons. The number of carbonyl (C=O) groups excluding carboxylic acids is 1. The highest BCUT2D eigenvalue weighted by atomic mass is 16.5. The predicted octanol–water partition coefficient (Wildman–Crippen LogP) is 3.22. The first-order valence-electron chi connectivity index (χ1n) is 7.90. The van der Waals surface area contributed by atoms with Crippen LogP contribution in [0.4, 0.5) is 4.79 Å². The minimum Gasteiger partial charge on any atom is -0.497 e. The molecular weight excluding hydrogens is 304 g/mol. The molecule has 0 spiro atoms. The summed E-state index contributed by atoms with van der Waals surface area (Å²) < 4.78 is 10.8. The number of nitrogens with zero attached hydrogens (tertiary/aromatic N) is 1. The zero-order valence-electron chi connectivity index (χ0n) is 14.4. The third kappa shape index (κ3) is 5.50. The summed E-state index contributed by atoms with van der Waals surface area (Å²) in [5.41, 5.74) is 2.21. The number of aryl methyl sites for hydroxylation is 1. The largest absolute Gasteiger partial charge is 0.497 e. The predicted molar refractivity (Wildman–Crippen MR) is 94.5 cm³/mol. The minimum atomic E-state index is -0.134. The lowest BCUT2D eigenvalue weighted by Gasteiger charge is -2.18. The van der Waals surface area contributed by atoms with Crippen LogP contribution in [0.2, 0.25) is 0 Å². The van der Waals surface area contributed by atoms with Crippen LogP contribution in [0.5, 0.6) is 11.5 Å². The maximum absolute atomic E-state index is 12.1. The quantitative estimate of drug-likeness (QED) is 0.794. The van der Waals surface area contributed by atoms with E-state index in [0.29, 0.717) is 19.7 Å². The second-order valence-electron chi connectivity index (χ2n) is 5.60. The Labute approximate surface area is 143 Å². The van der Waals surface area contributed by atoms with Gasteiger partial charge in [0.05, 0.1) is 13.7 Å². The van der Waals surface area contributed by atoms with Crippen molar-refractivity contribution in [2.24, 2.45) is 0 Å². The smallest absolute Gasteiger partial charge is 0.317 e. The first-order valence-corrected chi connectivity index (χ1v) is 7.90. The number of urea groups is 1. The van der Waals surface area contributed by atoms with Gasteiger partial charge >= 0.3 is 6.03 Å². The Bertz CT molecular complexity index is 656. The van der Waals surface area contributed by atoms with Crippen molar-refractivity contribution in [3.63, 3.8) is 0 Å². The van der Waals surface area contributed by atoms with Gasteiger partial charge in [0.1, 0.15) is 18.1 Å². The summed E-state index contributed by atoms with van der Waals surface area (Å²) in [6.45, 7) is 3.43. The molecule has 0 aliphatic rings. The van der Waals surface area contributed by atoms with Gasteiger partial charge in [-0.15, -0.1) is 0 Å². The molecular formula is C19H24N2O3. The summed E-state index contributed by atoms with van der Waals surface area (Å²) >= 11 is 0. The van der Waals surface area contributed by atoms with Crippen LogP contribution in [0, 0.1) is 6.92 Å². The molecule has 0 aliphatic carbocycles. The monoisotopic (exact) mass is 328 g/mol. The molecule has 2 aromatic carbocycles. The lowest BCUT2D eigenvalue weighted by Crippen LogP contribution is -2.38. The van der Waals surface area contributed by atoms with Gasteiger partial charge in [0.25, 0.3) is 0 Å². The molecule has 2 amide bonds. The molecule has 5 nitrogen and oxygen atoms in total. The maximum Gasteiger partial charge on any atom is 0.317 e. The summed E-state index contributed by atoms with van der Waals surface area (Å²) in [4.78, 5) is 13.7. The number of methoxy groups -OCH3 is 1. The summed E-state index contributed by atoms with van der Waals surface area (Å²) in [6.07, 6.45) is 0. The second kappa shape index (κ2) is 8.82. The Balaban J connectivity index is 1.72. The topological polar surface area (TPSA) is 50.8 Å². The molecule has 0 saturated carbocycles. The van der Waals surface area contributed by atoms with Crippen LogP contribution in [0.3, 0.4) is 0 Å². The third-order valence-electron chi connectivity index (χ3n) is 3.57. The van der Waals surface area contributed by atoms with Crippen LogP contribution >= 0.6 is 0 Å². The van der Waals surface area contributed by atoms with Gasteiger partial charge in [-0.2, -0.15) is 0 Å². The zero-order chi connectivity index (χ0) is 17.4. The number of nitrogens with one attached hydrogen (secondary N) is 1. The number of carbonyl (C=O) groups is 1. The van der Waals surface area contributed by atoms with Gasteiger partial charge in [-0.25, -0.2) is 4.79 Å². The Hall–Kier alpha value is -2.69. The number of benzene rings is 2. The highest BCUT2D eigenvalue weighted by molar-refractivity contribution is 5.73. The van der Waals surface area contributed by atoms with E-state index in [4.69, 9.17) is 9.47 Å². The van der Waals surface area contributed by atoms with Crippen LogP contribution in [0.15, 0.2) is 48.5 Å². The fourth-order valence-corrected chi connectivity index (χ4v) is 2.21. The van der Waals surface area contributed by atoms with Crippen molar-refractivity contribution >= 4 is 6.03 Å². The van der Waals surface area contributed by atoms with E-state index in [-0.39, 0.29) is 6.03 Å². The number of rotatable bonds is 7. The van der Waals surface area contributed by atoms with Crippen LogP contribution in [0.1, 0.15) is 11.1 Å². The van der Waals surface area contributed by atoms with Gasteiger partial charge in [-0.3, -0.25) is 0 Å². The molecule has 0 bridgehead atoms. The van der Waals surface area contributed by atoms with E-state index in [1.807, 2.05) is 55.5 Å². The minimum absolute atomic E-state index is 0.134. The molecule has 2 rings (SSSR count). The van der Waals surface area contributed by atoms with Crippen LogP contribution < -0.4 is 14.8 Å². The van der Waals surface area contributed by atoms with Crippen molar-refractivity contribution in [2.75, 3.05) is 27.3 Å². The van der Waals surface area contributed by atoms with Crippen molar-refractivity contribution in [1.29, 1.82) is 0 Å². The molecule has 0 fully saturated rings. The van der Waals surface area contributed by atoms with E-state index < -0.39 is 0 Å². The molecule has 5 heteroatoms. The Morgan fingerprint density at radius 1 is 1.12 bits per heavy atom. The molecule has 0 saturated heterocycles. The first kappa shape index (κ1) is 17.7. The summed E-state index contributed by atoms with van der Waals surface area (Å²) in [5.74, 6) is 1.59. The fraction of sp³-hybridized carbons (Fsp3) is 0.316. The molecule has 0 aromatic heterocycles. The average Bonchev–Trinajstić information content (AvgIpc) is 2.60. The SMILES string of the molecule is COc1cccc(CN(C)C(=O)NCCOc2ccc(C)cc2)c1. The van der Waals surface area contributed by atoms with E-state index in [0.717, 1.165) is 17.1 Å². The molecule has 0 unspecified atom stereocenters. The van der Waals surface area contributed by atoms with Crippen LogP contribution in [0.25, 0.3) is 0 Å². The lowest BCUT2D eigenvalue weighted by molar-refractivity contribution is 0.203. The number of ether oxygens (including phenoxy) is 2. The van der Waals surface area contributed by atoms with E-state index in [1.165, 1.54) is 5.56 Å². The van der Waals surface area contributed by atoms with Gasteiger partial charge < -0.3 is 19.7 Å². The summed E-state index contributed by atoms with van der Waals surface area (Å²) in [6, 6.07) is 15.4. The highest BCUT2D eigenvalue weighted by Crippen LogP contribution is 2.14. The Kier molecular flexibility index (Phi) is 6.49. The van der Waals surface area contributed by atoms with Gasteiger partial charge in [0, 0.05) is 13.6 Å². The van der Waals surface area contributed by atoms with E-state index in [1.54, 1.807) is 19.1 Å².